The molecule has 4 nitrogen and oxygen atoms in total. The van der Waals surface area contributed by atoms with E-state index >= 15 is 0 Å². The third-order valence-corrected chi connectivity index (χ3v) is 2.53. The average molecular weight is 195 g/mol. The minimum absolute atomic E-state index is 0.382. The molecule has 1 aromatic heterocycles. The number of nitrogens with zero attached hydrogens (tertiary/aromatic N) is 1. The first-order chi connectivity index (χ1) is 6.88. The molecule has 0 unspecified atom stereocenters. The van der Waals surface area contributed by atoms with E-state index in [1.165, 1.54) is 0 Å². The fourth-order valence-electron chi connectivity index (χ4n) is 1.72. The molecular weight excluding hydrogens is 182 g/mol. The maximum Gasteiger partial charge on any atom is 0.171 e. The van der Waals surface area contributed by atoms with Crippen LogP contribution in [-0.4, -0.2) is 24.7 Å². The quantitative estimate of drug-likeness (QED) is 0.685. The first-order valence-electron chi connectivity index (χ1n) is 4.87. The van der Waals surface area contributed by atoms with E-state index in [1.54, 1.807) is 6.07 Å². The zero-order valence-electron chi connectivity index (χ0n) is 7.94. The van der Waals surface area contributed by atoms with Gasteiger partial charge in [-0.3, -0.25) is 4.79 Å². The Morgan fingerprint density at radius 2 is 2.29 bits per heavy atom. The molecule has 1 aliphatic rings. The fraction of sp³-hybridized carbons (Fsp3) is 0.600. The van der Waals surface area contributed by atoms with E-state index in [0.717, 1.165) is 38.2 Å². The lowest BCUT2D eigenvalue weighted by atomic mass is 9.95. The molecule has 1 aromatic rings. The van der Waals surface area contributed by atoms with Gasteiger partial charge in [0.2, 0.25) is 0 Å². The molecule has 0 saturated carbocycles. The van der Waals surface area contributed by atoms with Crippen LogP contribution in [0.25, 0.3) is 0 Å². The van der Waals surface area contributed by atoms with Gasteiger partial charge in [-0.05, 0) is 18.8 Å². The topological polar surface area (TPSA) is 52.3 Å². The SMILES string of the molecule is O=Cc1cc(CC2CCOCC2)on1. The van der Waals surface area contributed by atoms with E-state index in [-0.39, 0.29) is 0 Å². The van der Waals surface area contributed by atoms with Crippen molar-refractivity contribution < 1.29 is 14.1 Å². The maximum atomic E-state index is 10.4. The standard InChI is InChI=1S/C10H13NO3/c12-7-9-6-10(14-11-9)5-8-1-3-13-4-2-8/h6-8H,1-5H2. The van der Waals surface area contributed by atoms with E-state index in [0.29, 0.717) is 17.9 Å². The number of hydrogen-bond donors (Lipinski definition) is 0. The Balaban J connectivity index is 1.92. The van der Waals surface area contributed by atoms with Crippen molar-refractivity contribution in [3.8, 4) is 0 Å². The van der Waals surface area contributed by atoms with Crippen molar-refractivity contribution in [1.82, 2.24) is 5.16 Å². The van der Waals surface area contributed by atoms with Crippen molar-refractivity contribution in [1.29, 1.82) is 0 Å². The van der Waals surface area contributed by atoms with Crippen LogP contribution in [0, 0.1) is 5.92 Å². The van der Waals surface area contributed by atoms with Gasteiger partial charge in [0.05, 0.1) is 0 Å². The summed E-state index contributed by atoms with van der Waals surface area (Å²) in [5, 5.41) is 3.63. The highest BCUT2D eigenvalue weighted by Crippen LogP contribution is 2.19. The third kappa shape index (κ3) is 2.20. The maximum absolute atomic E-state index is 10.4. The van der Waals surface area contributed by atoms with Crippen LogP contribution in [0.2, 0.25) is 0 Å². The summed E-state index contributed by atoms with van der Waals surface area (Å²) in [7, 11) is 0. The van der Waals surface area contributed by atoms with Gasteiger partial charge >= 0.3 is 0 Å². The zero-order valence-corrected chi connectivity index (χ0v) is 7.94. The summed E-state index contributed by atoms with van der Waals surface area (Å²) in [5.74, 6) is 1.41. The molecule has 14 heavy (non-hydrogen) atoms. The van der Waals surface area contributed by atoms with Gasteiger partial charge in [0.15, 0.2) is 6.29 Å². The normalized spacial score (nSPS) is 18.3. The number of aromatic nitrogens is 1. The smallest absolute Gasteiger partial charge is 0.171 e. The number of hydrogen-bond acceptors (Lipinski definition) is 4. The van der Waals surface area contributed by atoms with Gasteiger partial charge in [0, 0.05) is 25.7 Å². The Morgan fingerprint density at radius 3 is 2.93 bits per heavy atom. The average Bonchev–Trinajstić information content (AvgIpc) is 2.67. The zero-order chi connectivity index (χ0) is 9.80. The second-order valence-corrected chi connectivity index (χ2v) is 3.60. The van der Waals surface area contributed by atoms with Gasteiger partial charge in [-0.15, -0.1) is 0 Å². The van der Waals surface area contributed by atoms with Crippen LogP contribution >= 0.6 is 0 Å². The van der Waals surface area contributed by atoms with Gasteiger partial charge in [0.25, 0.3) is 0 Å². The number of carbonyl (C=O) groups is 1. The predicted molar refractivity (Wildman–Crippen MR) is 49.1 cm³/mol. The van der Waals surface area contributed by atoms with Crippen molar-refractivity contribution in [2.45, 2.75) is 19.3 Å². The molecule has 0 N–H and O–H groups in total. The number of aldehydes is 1. The van der Waals surface area contributed by atoms with E-state index in [9.17, 15) is 4.79 Å². The van der Waals surface area contributed by atoms with Gasteiger partial charge in [0.1, 0.15) is 11.5 Å². The Morgan fingerprint density at radius 1 is 1.50 bits per heavy atom. The fourth-order valence-corrected chi connectivity index (χ4v) is 1.72. The number of rotatable bonds is 3. The van der Waals surface area contributed by atoms with Crippen molar-refractivity contribution in [3.05, 3.63) is 17.5 Å². The molecule has 0 amide bonds. The second kappa shape index (κ2) is 4.37. The van der Waals surface area contributed by atoms with Crippen LogP contribution < -0.4 is 0 Å². The molecule has 2 heterocycles. The van der Waals surface area contributed by atoms with Crippen LogP contribution in [-0.2, 0) is 11.2 Å². The molecule has 0 spiro atoms. The largest absolute Gasteiger partial charge is 0.381 e. The van der Waals surface area contributed by atoms with E-state index in [2.05, 4.69) is 5.16 Å². The highest BCUT2D eigenvalue weighted by Gasteiger charge is 2.16. The first-order valence-corrected chi connectivity index (χ1v) is 4.87. The van der Waals surface area contributed by atoms with Crippen LogP contribution in [0.1, 0.15) is 29.1 Å². The molecule has 0 aliphatic carbocycles. The number of ether oxygens (including phenoxy) is 1. The summed E-state index contributed by atoms with van der Waals surface area (Å²) in [5.41, 5.74) is 0.382. The summed E-state index contributed by atoms with van der Waals surface area (Å²) in [6.45, 7) is 1.67. The summed E-state index contributed by atoms with van der Waals surface area (Å²) in [4.78, 5) is 10.4. The number of carbonyl (C=O) groups excluding carboxylic acids is 1. The molecule has 1 saturated heterocycles. The molecule has 1 aliphatic heterocycles. The third-order valence-electron chi connectivity index (χ3n) is 2.53. The summed E-state index contributed by atoms with van der Waals surface area (Å²) >= 11 is 0. The van der Waals surface area contributed by atoms with Gasteiger partial charge in [-0.2, -0.15) is 0 Å². The van der Waals surface area contributed by atoms with Crippen molar-refractivity contribution in [3.63, 3.8) is 0 Å². The minimum Gasteiger partial charge on any atom is -0.381 e. The molecule has 0 radical (unpaired) electrons. The molecule has 0 aromatic carbocycles. The van der Waals surface area contributed by atoms with E-state index in [1.807, 2.05) is 0 Å². The minimum atomic E-state index is 0.382. The van der Waals surface area contributed by atoms with Crippen LogP contribution in [0.3, 0.4) is 0 Å². The van der Waals surface area contributed by atoms with Gasteiger partial charge in [-0.1, -0.05) is 5.16 Å². The van der Waals surface area contributed by atoms with Crippen LogP contribution in [0.15, 0.2) is 10.6 Å². The first kappa shape index (κ1) is 9.40. The lowest BCUT2D eigenvalue weighted by molar-refractivity contribution is 0.0646. The van der Waals surface area contributed by atoms with Crippen molar-refractivity contribution in [2.24, 2.45) is 5.92 Å². The highest BCUT2D eigenvalue weighted by atomic mass is 16.5. The molecule has 76 valence electrons. The Bertz CT molecular complexity index is 302. The molecule has 0 bridgehead atoms. The lowest BCUT2D eigenvalue weighted by Crippen LogP contribution is -2.17. The van der Waals surface area contributed by atoms with Crippen LogP contribution in [0.4, 0.5) is 0 Å². The van der Waals surface area contributed by atoms with Gasteiger partial charge in [-0.25, -0.2) is 0 Å². The molecule has 0 atom stereocenters. The molecule has 2 rings (SSSR count). The Labute approximate surface area is 82.2 Å². The molecular formula is C10H13NO3. The summed E-state index contributed by atoms with van der Waals surface area (Å²) < 4.78 is 10.3. The molecule has 1 fully saturated rings. The second-order valence-electron chi connectivity index (χ2n) is 3.60. The monoisotopic (exact) mass is 195 g/mol. The van der Waals surface area contributed by atoms with Crippen molar-refractivity contribution >= 4 is 6.29 Å². The lowest BCUT2D eigenvalue weighted by Gasteiger charge is -2.20. The van der Waals surface area contributed by atoms with E-state index < -0.39 is 0 Å². The van der Waals surface area contributed by atoms with Crippen LogP contribution in [0.5, 0.6) is 0 Å². The van der Waals surface area contributed by atoms with E-state index in [4.69, 9.17) is 9.26 Å². The Hall–Kier alpha value is -1.16. The molecule has 4 heteroatoms. The predicted octanol–water partition coefficient (Wildman–Crippen LogP) is 1.46. The summed E-state index contributed by atoms with van der Waals surface area (Å²) in [6, 6.07) is 1.71. The van der Waals surface area contributed by atoms with Crippen molar-refractivity contribution in [2.75, 3.05) is 13.2 Å². The van der Waals surface area contributed by atoms with Gasteiger partial charge < -0.3 is 9.26 Å². The highest BCUT2D eigenvalue weighted by molar-refractivity contribution is 5.71. The summed E-state index contributed by atoms with van der Waals surface area (Å²) in [6.07, 6.45) is 3.70. The Kier molecular flexibility index (Phi) is 2.93.